The SMILES string of the molecule is CN(C)CCOc1ccc2c(c1)CN(C(=O)O[C@@H]1C[C@H]3C(=O)N[C@]4(C(=O)O)C[C@H]4/C=C/CCCCC[C@H](NC(=O)OC(C)(C)C)C(=O)N3C1)C2. The predicted octanol–water partition coefficient (Wildman–Crippen LogP) is 3.42. The van der Waals surface area contributed by atoms with Crippen LogP contribution in [0.4, 0.5) is 9.59 Å². The van der Waals surface area contributed by atoms with Crippen LogP contribution in [0.3, 0.4) is 0 Å². The van der Waals surface area contributed by atoms with Crippen LogP contribution in [0.15, 0.2) is 30.4 Å². The number of carboxylic acid groups (broad SMARTS) is 1. The van der Waals surface area contributed by atoms with Gasteiger partial charge >= 0.3 is 18.2 Å². The van der Waals surface area contributed by atoms with Crippen LogP contribution in [0.5, 0.6) is 5.75 Å². The first-order valence-corrected chi connectivity index (χ1v) is 17.5. The maximum atomic E-state index is 14.2. The molecule has 4 amide bonds. The number of alkyl carbamates (subject to hydrolysis) is 1. The van der Waals surface area contributed by atoms with Crippen molar-refractivity contribution in [3.8, 4) is 5.75 Å². The van der Waals surface area contributed by atoms with Crippen molar-refractivity contribution < 1.29 is 43.3 Å². The number of benzene rings is 1. The van der Waals surface area contributed by atoms with Crippen LogP contribution in [0.2, 0.25) is 0 Å². The van der Waals surface area contributed by atoms with Crippen molar-refractivity contribution in [2.75, 3.05) is 33.8 Å². The van der Waals surface area contributed by atoms with E-state index in [-0.39, 0.29) is 25.3 Å². The number of carbonyl (C=O) groups excluding carboxylic acids is 4. The maximum Gasteiger partial charge on any atom is 0.410 e. The molecule has 1 saturated heterocycles. The van der Waals surface area contributed by atoms with Crippen molar-refractivity contribution in [3.63, 3.8) is 0 Å². The number of allylic oxidation sites excluding steroid dienone is 1. The lowest BCUT2D eigenvalue weighted by Crippen LogP contribution is -2.56. The minimum Gasteiger partial charge on any atom is -0.492 e. The molecule has 274 valence electrons. The van der Waals surface area contributed by atoms with Gasteiger partial charge in [-0.2, -0.15) is 0 Å². The summed E-state index contributed by atoms with van der Waals surface area (Å²) in [4.78, 5) is 71.6. The Balaban J connectivity index is 1.32. The third kappa shape index (κ3) is 9.06. The Labute approximate surface area is 293 Å². The van der Waals surface area contributed by atoms with Gasteiger partial charge in [0.05, 0.1) is 6.54 Å². The number of hydrogen-bond donors (Lipinski definition) is 3. The van der Waals surface area contributed by atoms with E-state index in [1.54, 1.807) is 25.7 Å². The highest BCUT2D eigenvalue weighted by atomic mass is 16.6. The fraction of sp³-hybridized carbons (Fsp3) is 0.639. The molecule has 4 aliphatic rings. The fourth-order valence-corrected chi connectivity index (χ4v) is 6.75. The van der Waals surface area contributed by atoms with Crippen molar-refractivity contribution in [3.05, 3.63) is 41.5 Å². The van der Waals surface area contributed by atoms with Gasteiger partial charge in [-0.25, -0.2) is 14.4 Å². The zero-order valence-electron chi connectivity index (χ0n) is 29.7. The second kappa shape index (κ2) is 15.3. The molecule has 0 radical (unpaired) electrons. The van der Waals surface area contributed by atoms with E-state index in [2.05, 4.69) is 10.6 Å². The van der Waals surface area contributed by atoms with Crippen LogP contribution in [0, 0.1) is 5.92 Å². The molecule has 0 bridgehead atoms. The van der Waals surface area contributed by atoms with Crippen LogP contribution < -0.4 is 15.4 Å². The first-order valence-electron chi connectivity index (χ1n) is 17.5. The Bertz CT molecular complexity index is 1490. The van der Waals surface area contributed by atoms with Gasteiger partial charge < -0.3 is 39.8 Å². The van der Waals surface area contributed by atoms with E-state index in [4.69, 9.17) is 14.2 Å². The first-order chi connectivity index (χ1) is 23.6. The number of nitrogens with one attached hydrogen (secondary N) is 2. The number of aliphatic carboxylic acids is 1. The summed E-state index contributed by atoms with van der Waals surface area (Å²) >= 11 is 0. The zero-order valence-corrected chi connectivity index (χ0v) is 29.7. The van der Waals surface area contributed by atoms with Gasteiger partial charge in [-0.3, -0.25) is 14.5 Å². The summed E-state index contributed by atoms with van der Waals surface area (Å²) < 4.78 is 17.2. The van der Waals surface area contributed by atoms with Gasteiger partial charge in [-0.15, -0.1) is 0 Å². The Kier molecular flexibility index (Phi) is 11.3. The van der Waals surface area contributed by atoms with Crippen molar-refractivity contribution in [2.24, 2.45) is 5.92 Å². The Morgan fingerprint density at radius 2 is 1.86 bits per heavy atom. The molecule has 5 rings (SSSR count). The Morgan fingerprint density at radius 3 is 2.58 bits per heavy atom. The number of nitrogens with zero attached hydrogens (tertiary/aromatic N) is 3. The van der Waals surface area contributed by atoms with Crippen LogP contribution in [0.25, 0.3) is 0 Å². The lowest BCUT2D eigenvalue weighted by molar-refractivity contribution is -0.145. The number of likely N-dealkylation sites (N-methyl/N-ethyl adjacent to an activating group) is 1. The number of carboxylic acids is 1. The van der Waals surface area contributed by atoms with Gasteiger partial charge in [0, 0.05) is 32.0 Å². The van der Waals surface area contributed by atoms with Crippen molar-refractivity contribution in [1.82, 2.24) is 25.3 Å². The van der Waals surface area contributed by atoms with Gasteiger partial charge in [0.25, 0.3) is 0 Å². The average Bonchev–Trinajstić information content (AvgIpc) is 3.34. The number of amides is 4. The zero-order chi connectivity index (χ0) is 36.2. The summed E-state index contributed by atoms with van der Waals surface area (Å²) in [6, 6.07) is 3.61. The lowest BCUT2D eigenvalue weighted by atomic mass is 10.0. The molecule has 50 heavy (non-hydrogen) atoms. The van der Waals surface area contributed by atoms with Gasteiger partial charge in [0.1, 0.15) is 41.7 Å². The molecule has 0 aromatic heterocycles. The molecular formula is C36H51N5O9. The third-order valence-corrected chi connectivity index (χ3v) is 9.55. The van der Waals surface area contributed by atoms with E-state index < -0.39 is 59.3 Å². The first kappa shape index (κ1) is 36.9. The molecular weight excluding hydrogens is 646 g/mol. The van der Waals surface area contributed by atoms with E-state index in [0.717, 1.165) is 36.9 Å². The number of rotatable bonds is 7. The number of hydrogen-bond acceptors (Lipinski definition) is 9. The normalized spacial score (nSPS) is 27.6. The summed E-state index contributed by atoms with van der Waals surface area (Å²) in [5.41, 5.74) is -0.349. The predicted molar refractivity (Wildman–Crippen MR) is 182 cm³/mol. The monoisotopic (exact) mass is 697 g/mol. The van der Waals surface area contributed by atoms with Crippen LogP contribution in [0.1, 0.15) is 76.8 Å². The molecule has 2 fully saturated rings. The van der Waals surface area contributed by atoms with Gasteiger partial charge in [0.2, 0.25) is 11.8 Å². The molecule has 14 heteroatoms. The Morgan fingerprint density at radius 1 is 1.10 bits per heavy atom. The molecule has 0 unspecified atom stereocenters. The van der Waals surface area contributed by atoms with E-state index >= 15 is 0 Å². The van der Waals surface area contributed by atoms with Gasteiger partial charge in [-0.1, -0.05) is 31.1 Å². The van der Waals surface area contributed by atoms with E-state index in [1.807, 2.05) is 49.3 Å². The van der Waals surface area contributed by atoms with Gasteiger partial charge in [0.15, 0.2) is 0 Å². The van der Waals surface area contributed by atoms with Crippen LogP contribution in [-0.2, 0) is 36.9 Å². The summed E-state index contributed by atoms with van der Waals surface area (Å²) in [6.45, 7) is 7.02. The molecule has 1 aromatic carbocycles. The highest BCUT2D eigenvalue weighted by Crippen LogP contribution is 2.45. The second-order valence-corrected chi connectivity index (χ2v) is 15.0. The summed E-state index contributed by atoms with van der Waals surface area (Å²) in [6.07, 6.45) is 5.08. The molecule has 1 aromatic rings. The topological polar surface area (TPSA) is 167 Å². The molecule has 1 aliphatic carbocycles. The standard InChI is InChI=1S/C36H51N5O9/c1-35(2,3)50-33(46)37-28-12-10-8-6-7-9-11-25-19-36(25,32(44)45)38-30(42)29-18-27(22-41(29)31(28)43)49-34(47)40-20-23-13-14-26(17-24(23)21-40)48-16-15-39(4)5/h9,11,13-14,17,25,27-29H,6-8,10,12,15-16,18-22H2,1-5H3,(H,37,46)(H,38,42)(H,44,45)/b11-9+/t25-,27-,28+,29+,36-/m1/s1. The van der Waals surface area contributed by atoms with Crippen molar-refractivity contribution >= 4 is 30.0 Å². The highest BCUT2D eigenvalue weighted by molar-refractivity contribution is 5.96. The molecule has 3 aliphatic heterocycles. The minimum atomic E-state index is -1.47. The summed E-state index contributed by atoms with van der Waals surface area (Å²) in [7, 11) is 3.94. The quantitative estimate of drug-likeness (QED) is 0.360. The lowest BCUT2D eigenvalue weighted by Gasteiger charge is -2.30. The number of carbonyl (C=O) groups is 5. The van der Waals surface area contributed by atoms with Crippen LogP contribution >= 0.6 is 0 Å². The van der Waals surface area contributed by atoms with Crippen molar-refractivity contribution in [1.29, 1.82) is 0 Å². The van der Waals surface area contributed by atoms with Crippen LogP contribution in [-0.4, -0.2) is 113 Å². The molecule has 3 heterocycles. The molecule has 0 spiro atoms. The van der Waals surface area contributed by atoms with Gasteiger partial charge in [-0.05, 0) is 83.8 Å². The second-order valence-electron chi connectivity index (χ2n) is 15.0. The molecule has 14 nitrogen and oxygen atoms in total. The van der Waals surface area contributed by atoms with E-state index in [9.17, 15) is 29.1 Å². The third-order valence-electron chi connectivity index (χ3n) is 9.55. The van der Waals surface area contributed by atoms with E-state index in [0.29, 0.717) is 38.3 Å². The molecule has 1 saturated carbocycles. The fourth-order valence-electron chi connectivity index (χ4n) is 6.75. The number of fused-ring (bicyclic) bond motifs is 3. The highest BCUT2D eigenvalue weighted by Gasteiger charge is 2.61. The summed E-state index contributed by atoms with van der Waals surface area (Å²) in [5.74, 6) is -1.96. The molecule has 5 atom stereocenters. The smallest absolute Gasteiger partial charge is 0.410 e. The Hall–Kier alpha value is -4.33. The number of ether oxygens (including phenoxy) is 3. The molecule has 3 N–H and O–H groups in total. The maximum absolute atomic E-state index is 14.2. The average molecular weight is 698 g/mol. The van der Waals surface area contributed by atoms with E-state index in [1.165, 1.54) is 4.90 Å². The largest absolute Gasteiger partial charge is 0.492 e. The van der Waals surface area contributed by atoms with Crippen molar-refractivity contribution in [2.45, 2.75) is 108 Å². The minimum absolute atomic E-state index is 0.0245. The summed E-state index contributed by atoms with van der Waals surface area (Å²) in [5, 5.41) is 15.5.